The van der Waals surface area contributed by atoms with E-state index >= 15 is 0 Å². The average molecular weight is 570 g/mol. The molecule has 0 saturated carbocycles. The lowest BCUT2D eigenvalue weighted by Gasteiger charge is -2.14. The van der Waals surface area contributed by atoms with Gasteiger partial charge in [-0.25, -0.2) is 4.98 Å². The fraction of sp³-hybridized carbons (Fsp3) is 0.192. The van der Waals surface area contributed by atoms with Gasteiger partial charge in [0.2, 0.25) is 0 Å². The second-order valence-corrected chi connectivity index (χ2v) is 10.1. The van der Waals surface area contributed by atoms with Crippen LogP contribution in [-0.4, -0.2) is 42.8 Å². The number of hydrogen-bond acceptors (Lipinski definition) is 4. The number of aromatic nitrogens is 2. The number of phenols is 1. The third-order valence-corrected chi connectivity index (χ3v) is 6.89. The third kappa shape index (κ3) is 4.52. The summed E-state index contributed by atoms with van der Waals surface area (Å²) in [6.07, 6.45) is 0. The molecule has 0 radical (unpaired) electrons. The zero-order chi connectivity index (χ0) is 23.9. The Kier molecular flexibility index (Phi) is 6.54. The van der Waals surface area contributed by atoms with Gasteiger partial charge >= 0.3 is 0 Å². The summed E-state index contributed by atoms with van der Waals surface area (Å²) in [7, 11) is 10.2. The molecule has 0 aliphatic heterocycles. The van der Waals surface area contributed by atoms with Crippen LogP contribution in [0, 0.1) is 0 Å². The van der Waals surface area contributed by atoms with Crippen LogP contribution in [-0.2, 0) is 7.05 Å². The number of rotatable bonds is 5. The Morgan fingerprint density at radius 3 is 1.64 bits per heavy atom. The lowest BCUT2D eigenvalue weighted by molar-refractivity contribution is 0.468. The molecule has 0 atom stereocenters. The molecule has 7 heteroatoms. The van der Waals surface area contributed by atoms with Crippen molar-refractivity contribution < 1.29 is 5.11 Å². The normalized spacial score (nSPS) is 11.0. The highest BCUT2D eigenvalue weighted by Gasteiger charge is 2.20. The fourth-order valence-electron chi connectivity index (χ4n) is 3.82. The van der Waals surface area contributed by atoms with Gasteiger partial charge in [-0.05, 0) is 68.3 Å². The Morgan fingerprint density at radius 2 is 1.18 bits per heavy atom. The zero-order valence-electron chi connectivity index (χ0n) is 19.3. The lowest BCUT2D eigenvalue weighted by Crippen LogP contribution is -2.08. The van der Waals surface area contributed by atoms with Crippen molar-refractivity contribution in [2.45, 2.75) is 0 Å². The minimum Gasteiger partial charge on any atom is -0.506 e. The molecule has 0 saturated heterocycles. The molecule has 0 fully saturated rings. The van der Waals surface area contributed by atoms with Gasteiger partial charge in [-0.1, -0.05) is 24.3 Å². The topological polar surface area (TPSA) is 44.5 Å². The third-order valence-electron chi connectivity index (χ3n) is 5.68. The number of anilines is 2. The predicted octanol–water partition coefficient (Wildman–Crippen LogP) is 6.78. The first-order valence-corrected chi connectivity index (χ1v) is 12.1. The monoisotopic (exact) mass is 568 g/mol. The van der Waals surface area contributed by atoms with Gasteiger partial charge in [0.05, 0.1) is 20.3 Å². The summed E-state index contributed by atoms with van der Waals surface area (Å²) in [5.74, 6) is 0.988. The van der Waals surface area contributed by atoms with Gasteiger partial charge in [0.1, 0.15) is 11.6 Å². The maximum atomic E-state index is 10.2. The molecule has 0 aliphatic rings. The van der Waals surface area contributed by atoms with E-state index in [0.717, 1.165) is 45.3 Å². The molecule has 0 amide bonds. The minimum atomic E-state index is 0.173. The average Bonchev–Trinajstić information content (AvgIpc) is 3.14. The van der Waals surface area contributed by atoms with Crippen LogP contribution in [0.5, 0.6) is 5.75 Å². The van der Waals surface area contributed by atoms with Crippen molar-refractivity contribution in [1.82, 2.24) is 9.55 Å². The summed E-state index contributed by atoms with van der Waals surface area (Å²) >= 11 is 6.90. The van der Waals surface area contributed by atoms with Gasteiger partial charge in [-0.3, -0.25) is 0 Å². The maximum absolute atomic E-state index is 10.2. The van der Waals surface area contributed by atoms with E-state index in [4.69, 9.17) is 4.98 Å². The molecule has 1 heterocycles. The van der Waals surface area contributed by atoms with Crippen molar-refractivity contribution in [3.05, 3.63) is 69.6 Å². The smallest absolute Gasteiger partial charge is 0.143 e. The van der Waals surface area contributed by atoms with E-state index in [9.17, 15) is 5.11 Å². The number of halogens is 2. The van der Waals surface area contributed by atoms with E-state index in [0.29, 0.717) is 8.95 Å². The maximum Gasteiger partial charge on any atom is 0.143 e. The molecular formula is C26H26Br2N4O. The van der Waals surface area contributed by atoms with E-state index in [1.807, 2.05) is 47.4 Å². The van der Waals surface area contributed by atoms with Crippen LogP contribution in [0.15, 0.2) is 69.6 Å². The molecule has 0 unspecified atom stereocenters. The fourth-order valence-corrected chi connectivity index (χ4v) is 5.00. The van der Waals surface area contributed by atoms with Crippen molar-refractivity contribution >= 4 is 43.2 Å². The molecular weight excluding hydrogens is 544 g/mol. The van der Waals surface area contributed by atoms with Crippen molar-refractivity contribution in [3.8, 4) is 39.7 Å². The largest absolute Gasteiger partial charge is 0.506 e. The zero-order valence-corrected chi connectivity index (χ0v) is 22.4. The number of benzene rings is 3. The summed E-state index contributed by atoms with van der Waals surface area (Å²) in [4.78, 5) is 9.26. The molecule has 1 N–H and O–H groups in total. The van der Waals surface area contributed by atoms with E-state index in [2.05, 4.69) is 94.8 Å². The quantitative estimate of drug-likeness (QED) is 0.287. The second-order valence-electron chi connectivity index (χ2n) is 8.36. The van der Waals surface area contributed by atoms with Gasteiger partial charge in [-0.15, -0.1) is 0 Å². The SMILES string of the molecule is CN(C)c1ccc(-c2nc(-c3cc(Br)c(O)c(Br)c3)n(C)c2-c2ccc(N(C)C)cc2)cc1. The molecule has 1 aromatic heterocycles. The molecule has 0 bridgehead atoms. The van der Waals surface area contributed by atoms with E-state index in [-0.39, 0.29) is 5.75 Å². The summed E-state index contributed by atoms with van der Waals surface area (Å²) in [6.45, 7) is 0. The van der Waals surface area contributed by atoms with Crippen LogP contribution in [0.1, 0.15) is 0 Å². The first kappa shape index (κ1) is 23.4. The summed E-state index contributed by atoms with van der Waals surface area (Å²) in [5.41, 5.74) is 7.26. The summed E-state index contributed by atoms with van der Waals surface area (Å²) < 4.78 is 3.35. The molecule has 33 heavy (non-hydrogen) atoms. The predicted molar refractivity (Wildman–Crippen MR) is 145 cm³/mol. The van der Waals surface area contributed by atoms with Crippen molar-refractivity contribution in [2.24, 2.45) is 7.05 Å². The Morgan fingerprint density at radius 1 is 0.727 bits per heavy atom. The minimum absolute atomic E-state index is 0.173. The highest BCUT2D eigenvalue weighted by molar-refractivity contribution is 9.11. The van der Waals surface area contributed by atoms with Gasteiger partial charge in [-0.2, -0.15) is 0 Å². The van der Waals surface area contributed by atoms with Crippen LogP contribution in [0.2, 0.25) is 0 Å². The Labute approximate surface area is 211 Å². The molecule has 0 aliphatic carbocycles. The van der Waals surface area contributed by atoms with Crippen molar-refractivity contribution in [1.29, 1.82) is 0 Å². The first-order valence-electron chi connectivity index (χ1n) is 10.5. The molecule has 0 spiro atoms. The molecule has 4 rings (SSSR count). The van der Waals surface area contributed by atoms with E-state index in [1.165, 1.54) is 0 Å². The van der Waals surface area contributed by atoms with Gasteiger partial charge in [0, 0.05) is 63.3 Å². The van der Waals surface area contributed by atoms with E-state index < -0.39 is 0 Å². The number of hydrogen-bond donors (Lipinski definition) is 1. The van der Waals surface area contributed by atoms with Gasteiger partial charge in [0.15, 0.2) is 0 Å². The Hall–Kier alpha value is -2.77. The van der Waals surface area contributed by atoms with Crippen molar-refractivity contribution in [3.63, 3.8) is 0 Å². The number of nitrogens with zero attached hydrogens (tertiary/aromatic N) is 4. The van der Waals surface area contributed by atoms with Crippen LogP contribution in [0.3, 0.4) is 0 Å². The van der Waals surface area contributed by atoms with Crippen LogP contribution in [0.25, 0.3) is 33.9 Å². The van der Waals surface area contributed by atoms with Gasteiger partial charge < -0.3 is 19.5 Å². The van der Waals surface area contributed by atoms with Crippen LogP contribution >= 0.6 is 31.9 Å². The highest BCUT2D eigenvalue weighted by atomic mass is 79.9. The first-order chi connectivity index (χ1) is 15.7. The number of phenolic OH excluding ortho intramolecular Hbond substituents is 1. The Balaban J connectivity index is 1.93. The van der Waals surface area contributed by atoms with Crippen LogP contribution in [0.4, 0.5) is 11.4 Å². The van der Waals surface area contributed by atoms with E-state index in [1.54, 1.807) is 0 Å². The summed E-state index contributed by atoms with van der Waals surface area (Å²) in [5, 5.41) is 10.2. The van der Waals surface area contributed by atoms with Crippen LogP contribution < -0.4 is 9.80 Å². The molecule has 4 aromatic rings. The molecule has 3 aromatic carbocycles. The summed E-state index contributed by atoms with van der Waals surface area (Å²) in [6, 6.07) is 20.7. The highest BCUT2D eigenvalue weighted by Crippen LogP contribution is 2.40. The van der Waals surface area contributed by atoms with Gasteiger partial charge in [0.25, 0.3) is 0 Å². The number of aromatic hydroxyl groups is 1. The molecule has 5 nitrogen and oxygen atoms in total. The Bertz CT molecular complexity index is 1270. The molecule has 170 valence electrons. The second kappa shape index (κ2) is 9.23. The standard InChI is InChI=1S/C26H26Br2N4O/c1-30(2)19-10-6-16(7-11-19)23-24(17-8-12-20(13-9-17)31(3)4)32(5)26(29-23)18-14-21(27)25(33)22(28)15-18/h6-15,33H,1-5H3. The number of imidazole rings is 1. The lowest BCUT2D eigenvalue weighted by atomic mass is 10.0. The van der Waals surface area contributed by atoms with Crippen molar-refractivity contribution in [2.75, 3.05) is 38.0 Å².